The van der Waals surface area contributed by atoms with Crippen LogP contribution >= 0.6 is 0 Å². The van der Waals surface area contributed by atoms with Crippen molar-refractivity contribution < 1.29 is 5.11 Å². The van der Waals surface area contributed by atoms with E-state index in [1.807, 2.05) is 0 Å². The summed E-state index contributed by atoms with van der Waals surface area (Å²) in [5.41, 5.74) is 1.78. The summed E-state index contributed by atoms with van der Waals surface area (Å²) in [5.74, 6) is 1.55. The molecule has 3 nitrogen and oxygen atoms in total. The Morgan fingerprint density at radius 3 is 2.67 bits per heavy atom. The van der Waals surface area contributed by atoms with Gasteiger partial charge in [0.2, 0.25) is 0 Å². The van der Waals surface area contributed by atoms with Gasteiger partial charge in [-0.2, -0.15) is 5.10 Å². The molecule has 1 aliphatic rings. The molecule has 21 heavy (non-hydrogen) atoms. The third-order valence-corrected chi connectivity index (χ3v) is 5.23. The van der Waals surface area contributed by atoms with Crippen molar-refractivity contribution in [2.24, 2.45) is 17.8 Å². The molecular weight excluding hydrogens is 260 g/mol. The molecular formula is C18H32N2O. The van der Waals surface area contributed by atoms with Crippen molar-refractivity contribution in [3.63, 3.8) is 0 Å². The van der Waals surface area contributed by atoms with Gasteiger partial charge >= 0.3 is 0 Å². The summed E-state index contributed by atoms with van der Waals surface area (Å²) in [5, 5.41) is 16.0. The Hall–Kier alpha value is -0.830. The molecule has 1 saturated carbocycles. The number of rotatable bonds is 5. The van der Waals surface area contributed by atoms with E-state index in [1.165, 1.54) is 12.1 Å². The molecule has 1 fully saturated rings. The molecule has 3 unspecified atom stereocenters. The van der Waals surface area contributed by atoms with Crippen molar-refractivity contribution in [1.29, 1.82) is 0 Å². The van der Waals surface area contributed by atoms with Gasteiger partial charge in [0.25, 0.3) is 0 Å². The molecule has 0 amide bonds. The Labute approximate surface area is 129 Å². The first-order valence-electron chi connectivity index (χ1n) is 8.67. The monoisotopic (exact) mass is 292 g/mol. The highest BCUT2D eigenvalue weighted by Gasteiger charge is 2.43. The first-order valence-corrected chi connectivity index (χ1v) is 8.67. The smallest absolute Gasteiger partial charge is 0.0735 e. The molecule has 3 heteroatoms. The SMILES string of the molecule is CCc1cc(CC2(O)CC(C)CCC2C(C)C)n(CC)n1. The zero-order valence-electron chi connectivity index (χ0n) is 14.4. The van der Waals surface area contributed by atoms with Gasteiger partial charge in [0.05, 0.1) is 11.3 Å². The van der Waals surface area contributed by atoms with Crippen molar-refractivity contribution in [3.05, 3.63) is 17.5 Å². The van der Waals surface area contributed by atoms with Gasteiger partial charge < -0.3 is 5.11 Å². The van der Waals surface area contributed by atoms with E-state index in [9.17, 15) is 5.11 Å². The zero-order chi connectivity index (χ0) is 15.6. The number of aromatic nitrogens is 2. The number of hydrogen-bond acceptors (Lipinski definition) is 2. The lowest BCUT2D eigenvalue weighted by Crippen LogP contribution is -2.47. The van der Waals surface area contributed by atoms with Crippen molar-refractivity contribution in [1.82, 2.24) is 9.78 Å². The summed E-state index contributed by atoms with van der Waals surface area (Å²) in [6.07, 6.45) is 5.03. The molecule has 1 N–H and O–H groups in total. The summed E-state index contributed by atoms with van der Waals surface area (Å²) >= 11 is 0. The van der Waals surface area contributed by atoms with Crippen molar-refractivity contribution in [2.75, 3.05) is 0 Å². The Morgan fingerprint density at radius 2 is 2.10 bits per heavy atom. The average molecular weight is 292 g/mol. The molecule has 1 aromatic rings. The first-order chi connectivity index (χ1) is 9.89. The number of aryl methyl sites for hydroxylation is 2. The topological polar surface area (TPSA) is 38.0 Å². The zero-order valence-corrected chi connectivity index (χ0v) is 14.4. The van der Waals surface area contributed by atoms with E-state index >= 15 is 0 Å². The van der Waals surface area contributed by atoms with Gasteiger partial charge in [0, 0.05) is 18.7 Å². The first kappa shape index (κ1) is 16.5. The van der Waals surface area contributed by atoms with Crippen molar-refractivity contribution in [2.45, 2.75) is 78.9 Å². The van der Waals surface area contributed by atoms with Crippen LogP contribution in [-0.2, 0) is 19.4 Å². The lowest BCUT2D eigenvalue weighted by Gasteiger charge is -2.45. The van der Waals surface area contributed by atoms with Gasteiger partial charge in [0.1, 0.15) is 0 Å². The van der Waals surface area contributed by atoms with E-state index in [0.717, 1.165) is 37.9 Å². The molecule has 0 aliphatic heterocycles. The van der Waals surface area contributed by atoms with Crippen LogP contribution in [-0.4, -0.2) is 20.5 Å². The Balaban J connectivity index is 2.27. The van der Waals surface area contributed by atoms with Crippen LogP contribution in [0.4, 0.5) is 0 Å². The van der Waals surface area contributed by atoms with Gasteiger partial charge in [-0.15, -0.1) is 0 Å². The van der Waals surface area contributed by atoms with Crippen molar-refractivity contribution >= 4 is 0 Å². The number of nitrogens with zero attached hydrogens (tertiary/aromatic N) is 2. The van der Waals surface area contributed by atoms with Gasteiger partial charge in [-0.1, -0.05) is 34.1 Å². The van der Waals surface area contributed by atoms with Crippen LogP contribution in [0, 0.1) is 17.8 Å². The molecule has 1 heterocycles. The van der Waals surface area contributed by atoms with Crippen LogP contribution in [0.1, 0.15) is 65.3 Å². The highest BCUT2D eigenvalue weighted by atomic mass is 16.3. The minimum absolute atomic E-state index is 0.402. The van der Waals surface area contributed by atoms with Crippen LogP contribution in [0.5, 0.6) is 0 Å². The fourth-order valence-electron chi connectivity index (χ4n) is 4.16. The molecule has 2 rings (SSSR count). The Morgan fingerprint density at radius 1 is 1.38 bits per heavy atom. The van der Waals surface area contributed by atoms with Gasteiger partial charge in [0.15, 0.2) is 0 Å². The van der Waals surface area contributed by atoms with Crippen LogP contribution in [0.2, 0.25) is 0 Å². The highest BCUT2D eigenvalue weighted by molar-refractivity contribution is 5.14. The molecule has 0 saturated heterocycles. The van der Waals surface area contributed by atoms with Gasteiger partial charge in [-0.25, -0.2) is 0 Å². The van der Waals surface area contributed by atoms with Crippen LogP contribution in [0.3, 0.4) is 0 Å². The minimum atomic E-state index is -0.566. The quantitative estimate of drug-likeness (QED) is 0.895. The average Bonchev–Trinajstić information content (AvgIpc) is 2.79. The minimum Gasteiger partial charge on any atom is -0.389 e. The van der Waals surface area contributed by atoms with Crippen LogP contribution < -0.4 is 0 Å². The maximum Gasteiger partial charge on any atom is 0.0735 e. The van der Waals surface area contributed by atoms with E-state index in [1.54, 1.807) is 0 Å². The predicted molar refractivity (Wildman–Crippen MR) is 87.3 cm³/mol. The van der Waals surface area contributed by atoms with Gasteiger partial charge in [-0.05, 0) is 50.0 Å². The third-order valence-electron chi connectivity index (χ3n) is 5.23. The van der Waals surface area contributed by atoms with Crippen LogP contribution in [0.15, 0.2) is 6.07 Å². The molecule has 0 aromatic carbocycles. The maximum absolute atomic E-state index is 11.4. The molecule has 1 aliphatic carbocycles. The molecule has 3 atom stereocenters. The molecule has 0 bridgehead atoms. The fourth-order valence-corrected chi connectivity index (χ4v) is 4.16. The van der Waals surface area contributed by atoms with Crippen molar-refractivity contribution in [3.8, 4) is 0 Å². The molecule has 0 radical (unpaired) electrons. The molecule has 1 aromatic heterocycles. The Kier molecular flexibility index (Phi) is 5.13. The van der Waals surface area contributed by atoms with Gasteiger partial charge in [-0.3, -0.25) is 4.68 Å². The Bertz CT molecular complexity index is 466. The normalized spacial score (nSPS) is 30.0. The predicted octanol–water partition coefficient (Wildman–Crippen LogP) is 3.83. The second kappa shape index (κ2) is 6.51. The lowest BCUT2D eigenvalue weighted by molar-refractivity contribution is -0.0806. The standard InChI is InChI=1S/C18H32N2O/c1-6-15-10-16(20(7-2)19-15)12-18(21)11-14(5)8-9-17(18)13(3)4/h10,13-14,17,21H,6-9,11-12H2,1-5H3. The number of aliphatic hydroxyl groups is 1. The van der Waals surface area contributed by atoms with E-state index in [0.29, 0.717) is 17.8 Å². The maximum atomic E-state index is 11.4. The fraction of sp³-hybridized carbons (Fsp3) is 0.833. The largest absolute Gasteiger partial charge is 0.389 e. The highest BCUT2D eigenvalue weighted by Crippen LogP contribution is 2.42. The second-order valence-electron chi connectivity index (χ2n) is 7.31. The van der Waals surface area contributed by atoms with E-state index < -0.39 is 5.60 Å². The van der Waals surface area contributed by atoms with Crippen LogP contribution in [0.25, 0.3) is 0 Å². The molecule has 0 spiro atoms. The second-order valence-corrected chi connectivity index (χ2v) is 7.31. The summed E-state index contributed by atoms with van der Waals surface area (Å²) in [7, 11) is 0. The molecule has 120 valence electrons. The third kappa shape index (κ3) is 3.50. The summed E-state index contributed by atoms with van der Waals surface area (Å²) in [4.78, 5) is 0. The lowest BCUT2D eigenvalue weighted by atomic mass is 9.65. The summed E-state index contributed by atoms with van der Waals surface area (Å²) in [6.45, 7) is 11.9. The number of hydrogen-bond donors (Lipinski definition) is 1. The summed E-state index contributed by atoms with van der Waals surface area (Å²) in [6, 6.07) is 2.19. The van der Waals surface area contributed by atoms with E-state index in [2.05, 4.69) is 50.5 Å². The van der Waals surface area contributed by atoms with E-state index in [4.69, 9.17) is 0 Å². The van der Waals surface area contributed by atoms with E-state index in [-0.39, 0.29) is 0 Å². The summed E-state index contributed by atoms with van der Waals surface area (Å²) < 4.78 is 2.08.